The van der Waals surface area contributed by atoms with Crippen LogP contribution < -0.4 is 16.5 Å². The minimum absolute atomic E-state index is 0.327. The smallest absolute Gasteiger partial charge is 0.258 e. The van der Waals surface area contributed by atoms with Crippen molar-refractivity contribution in [3.05, 3.63) is 47.1 Å². The summed E-state index contributed by atoms with van der Waals surface area (Å²) < 4.78 is 0. The predicted molar refractivity (Wildman–Crippen MR) is 76.2 cm³/mol. The van der Waals surface area contributed by atoms with Crippen LogP contribution in [0.3, 0.4) is 0 Å². The van der Waals surface area contributed by atoms with Crippen molar-refractivity contribution in [2.45, 2.75) is 0 Å². The van der Waals surface area contributed by atoms with E-state index in [4.69, 9.17) is 17.3 Å². The van der Waals surface area contributed by atoms with Crippen molar-refractivity contribution < 1.29 is 4.79 Å². The van der Waals surface area contributed by atoms with E-state index in [9.17, 15) is 4.79 Å². The van der Waals surface area contributed by atoms with E-state index < -0.39 is 0 Å². The molecule has 0 saturated carbocycles. The normalized spacial score (nSPS) is 10.1. The predicted octanol–water partition coefficient (Wildman–Crippen LogP) is 0.828. The van der Waals surface area contributed by atoms with Gasteiger partial charge in [-0.25, -0.2) is 4.98 Å². The molecule has 0 saturated heterocycles. The van der Waals surface area contributed by atoms with Gasteiger partial charge >= 0.3 is 0 Å². The summed E-state index contributed by atoms with van der Waals surface area (Å²) in [7, 11) is 1.92. The SMILES string of the molecule is Bc1ccc(NC(=O)c2cc(Cl)ccc2N)nc1. The molecule has 1 aromatic heterocycles. The first kappa shape index (κ1) is 12.5. The molecular weight excluding hydrogens is 248 g/mol. The van der Waals surface area contributed by atoms with E-state index in [0.29, 0.717) is 22.1 Å². The summed E-state index contributed by atoms with van der Waals surface area (Å²) in [5.74, 6) is 0.149. The summed E-state index contributed by atoms with van der Waals surface area (Å²) in [5, 5.41) is 3.13. The highest BCUT2D eigenvalue weighted by atomic mass is 35.5. The van der Waals surface area contributed by atoms with E-state index in [1.165, 1.54) is 6.07 Å². The fraction of sp³-hybridized carbons (Fsp3) is 0. The lowest BCUT2D eigenvalue weighted by molar-refractivity contribution is 0.102. The molecule has 0 fully saturated rings. The highest BCUT2D eigenvalue weighted by molar-refractivity contribution is 6.32. The number of anilines is 2. The van der Waals surface area contributed by atoms with Gasteiger partial charge in [-0.1, -0.05) is 23.1 Å². The van der Waals surface area contributed by atoms with Crippen LogP contribution in [0.5, 0.6) is 0 Å². The van der Waals surface area contributed by atoms with E-state index in [0.717, 1.165) is 5.46 Å². The third-order valence-electron chi connectivity index (χ3n) is 2.41. The number of hydrogen-bond donors (Lipinski definition) is 2. The third-order valence-corrected chi connectivity index (χ3v) is 2.65. The highest BCUT2D eigenvalue weighted by Gasteiger charge is 2.10. The van der Waals surface area contributed by atoms with Crippen molar-refractivity contribution in [3.8, 4) is 0 Å². The molecule has 18 heavy (non-hydrogen) atoms. The van der Waals surface area contributed by atoms with E-state index in [1.807, 2.05) is 13.9 Å². The van der Waals surface area contributed by atoms with Gasteiger partial charge in [-0.05, 0) is 24.3 Å². The summed E-state index contributed by atoms with van der Waals surface area (Å²) in [5.41, 5.74) is 7.47. The zero-order valence-corrected chi connectivity index (χ0v) is 10.5. The van der Waals surface area contributed by atoms with Crippen LogP contribution in [0.1, 0.15) is 10.4 Å². The standard InChI is InChI=1S/C12H11BClN3O/c13-7-1-4-11(16-6-7)17-12(18)9-5-8(14)2-3-10(9)15/h1-6H,13,15H2,(H,16,17,18). The maximum Gasteiger partial charge on any atom is 0.258 e. The van der Waals surface area contributed by atoms with Crippen LogP contribution in [-0.2, 0) is 0 Å². The van der Waals surface area contributed by atoms with Gasteiger partial charge in [0.2, 0.25) is 0 Å². The van der Waals surface area contributed by atoms with Crippen LogP contribution in [0.4, 0.5) is 11.5 Å². The summed E-state index contributed by atoms with van der Waals surface area (Å²) in [4.78, 5) is 16.1. The van der Waals surface area contributed by atoms with Gasteiger partial charge in [-0.3, -0.25) is 4.79 Å². The second-order valence-electron chi connectivity index (χ2n) is 3.91. The van der Waals surface area contributed by atoms with Crippen LogP contribution in [-0.4, -0.2) is 18.7 Å². The third kappa shape index (κ3) is 2.81. The molecule has 0 unspecified atom stereocenters. The largest absolute Gasteiger partial charge is 0.398 e. The van der Waals surface area contributed by atoms with Crippen molar-refractivity contribution in [1.29, 1.82) is 0 Å². The molecule has 0 spiro atoms. The summed E-state index contributed by atoms with van der Waals surface area (Å²) in [6.45, 7) is 0. The fourth-order valence-corrected chi connectivity index (χ4v) is 1.62. The topological polar surface area (TPSA) is 68.0 Å². The first-order chi connectivity index (χ1) is 8.56. The number of nitrogens with zero attached hydrogens (tertiary/aromatic N) is 1. The number of rotatable bonds is 2. The van der Waals surface area contributed by atoms with Crippen LogP contribution in [0.25, 0.3) is 0 Å². The van der Waals surface area contributed by atoms with Gasteiger partial charge in [-0.15, -0.1) is 0 Å². The lowest BCUT2D eigenvalue weighted by atomic mass is 9.99. The molecule has 6 heteroatoms. The molecule has 2 rings (SSSR count). The van der Waals surface area contributed by atoms with E-state index >= 15 is 0 Å². The molecule has 90 valence electrons. The Morgan fingerprint density at radius 2 is 2.11 bits per heavy atom. The van der Waals surface area contributed by atoms with Crippen LogP contribution in [0.2, 0.25) is 5.02 Å². The summed E-state index contributed by atoms with van der Waals surface area (Å²) >= 11 is 5.83. The molecule has 3 N–H and O–H groups in total. The van der Waals surface area contributed by atoms with E-state index in [-0.39, 0.29) is 5.91 Å². The maximum atomic E-state index is 12.0. The summed E-state index contributed by atoms with van der Waals surface area (Å²) in [6.07, 6.45) is 1.68. The summed E-state index contributed by atoms with van der Waals surface area (Å²) in [6, 6.07) is 8.36. The Morgan fingerprint density at radius 1 is 1.33 bits per heavy atom. The van der Waals surface area contributed by atoms with Gasteiger partial charge in [0.15, 0.2) is 0 Å². The molecule has 4 nitrogen and oxygen atoms in total. The van der Waals surface area contributed by atoms with Crippen molar-refractivity contribution in [1.82, 2.24) is 4.98 Å². The van der Waals surface area contributed by atoms with Gasteiger partial charge in [-0.2, -0.15) is 0 Å². The number of amides is 1. The van der Waals surface area contributed by atoms with E-state index in [1.54, 1.807) is 24.4 Å². The van der Waals surface area contributed by atoms with Gasteiger partial charge in [0.25, 0.3) is 5.91 Å². The Hall–Kier alpha value is -2.01. The molecule has 1 heterocycles. The second-order valence-corrected chi connectivity index (χ2v) is 4.34. The van der Waals surface area contributed by atoms with Crippen LogP contribution >= 0.6 is 11.6 Å². The van der Waals surface area contributed by atoms with Gasteiger partial charge in [0.1, 0.15) is 13.7 Å². The Bertz CT molecular complexity index is 586. The number of aromatic nitrogens is 1. The molecule has 0 radical (unpaired) electrons. The highest BCUT2D eigenvalue weighted by Crippen LogP contribution is 2.18. The van der Waals surface area contributed by atoms with Crippen LogP contribution in [0.15, 0.2) is 36.5 Å². The number of hydrogen-bond acceptors (Lipinski definition) is 3. The Morgan fingerprint density at radius 3 is 2.78 bits per heavy atom. The zero-order chi connectivity index (χ0) is 13.1. The molecule has 1 aromatic carbocycles. The van der Waals surface area contributed by atoms with Crippen molar-refractivity contribution in [2.24, 2.45) is 0 Å². The fourth-order valence-electron chi connectivity index (χ4n) is 1.45. The molecule has 0 aliphatic rings. The number of carbonyl (C=O) groups excluding carboxylic acids is 1. The minimum atomic E-state index is -0.327. The maximum absolute atomic E-state index is 12.0. The number of nitrogen functional groups attached to an aromatic ring is 1. The van der Waals surface area contributed by atoms with Crippen molar-refractivity contribution in [2.75, 3.05) is 11.1 Å². The average Bonchev–Trinajstić information content (AvgIpc) is 2.35. The zero-order valence-electron chi connectivity index (χ0n) is 9.77. The molecule has 0 atom stereocenters. The Kier molecular flexibility index (Phi) is 3.53. The van der Waals surface area contributed by atoms with E-state index in [2.05, 4.69) is 10.3 Å². The van der Waals surface area contributed by atoms with Gasteiger partial charge < -0.3 is 11.1 Å². The van der Waals surface area contributed by atoms with Crippen molar-refractivity contribution in [3.63, 3.8) is 0 Å². The number of nitrogens with one attached hydrogen (secondary N) is 1. The van der Waals surface area contributed by atoms with Gasteiger partial charge in [0.05, 0.1) is 5.56 Å². The molecule has 0 aliphatic carbocycles. The quantitative estimate of drug-likeness (QED) is 0.620. The Labute approximate surface area is 111 Å². The second kappa shape index (κ2) is 5.10. The number of halogens is 1. The molecule has 0 bridgehead atoms. The van der Waals surface area contributed by atoms with Gasteiger partial charge in [0, 0.05) is 16.9 Å². The lowest BCUT2D eigenvalue weighted by Crippen LogP contribution is -2.16. The number of benzene rings is 1. The number of carbonyl (C=O) groups is 1. The molecule has 1 amide bonds. The Balaban J connectivity index is 2.21. The van der Waals surface area contributed by atoms with Crippen molar-refractivity contribution >= 4 is 42.3 Å². The molecule has 0 aliphatic heterocycles. The first-order valence-corrected chi connectivity index (χ1v) is 5.73. The molecule has 2 aromatic rings. The molecular formula is C12H11BClN3O. The lowest BCUT2D eigenvalue weighted by Gasteiger charge is -2.07. The first-order valence-electron chi connectivity index (χ1n) is 5.35. The average molecular weight is 260 g/mol. The number of pyridine rings is 1. The monoisotopic (exact) mass is 259 g/mol. The number of nitrogens with two attached hydrogens (primary N) is 1. The van der Waals surface area contributed by atoms with Crippen LogP contribution in [0, 0.1) is 0 Å². The minimum Gasteiger partial charge on any atom is -0.398 e.